The van der Waals surface area contributed by atoms with Crippen LogP contribution in [0.25, 0.3) is 0 Å². The topological polar surface area (TPSA) is 69.6 Å². The number of hydrogen-bond donors (Lipinski definition) is 2. The van der Waals surface area contributed by atoms with Crippen molar-refractivity contribution >= 4 is 11.8 Å². The fourth-order valence-electron chi connectivity index (χ4n) is 2.80. The first-order chi connectivity index (χ1) is 10.8. The van der Waals surface area contributed by atoms with Crippen LogP contribution in [0.3, 0.4) is 0 Å². The Morgan fingerprint density at radius 1 is 1.35 bits per heavy atom. The van der Waals surface area contributed by atoms with E-state index in [0.29, 0.717) is 13.0 Å². The third-order valence-corrected chi connectivity index (χ3v) is 4.09. The molecule has 1 aliphatic heterocycles. The molecule has 2 amide bonds. The van der Waals surface area contributed by atoms with Crippen molar-refractivity contribution in [3.63, 3.8) is 0 Å². The molecular weight excluding hydrogens is 306 g/mol. The zero-order chi connectivity index (χ0) is 17.1. The Balaban J connectivity index is 2.02. The fraction of sp³-hybridized carbons (Fsp3) is 0.500. The van der Waals surface area contributed by atoms with Gasteiger partial charge >= 0.3 is 0 Å². The number of carbonyl (C=O) groups excluding carboxylic acids is 2. The van der Waals surface area contributed by atoms with Gasteiger partial charge in [-0.2, -0.15) is 0 Å². The van der Waals surface area contributed by atoms with Gasteiger partial charge in [0.05, 0.1) is 12.1 Å². The minimum Gasteiger partial charge on any atom is -0.386 e. The summed E-state index contributed by atoms with van der Waals surface area (Å²) in [6, 6.07) is 1.84. The first-order valence-electron chi connectivity index (χ1n) is 7.52. The maximum absolute atomic E-state index is 13.2. The first-order valence-corrected chi connectivity index (χ1v) is 7.52. The van der Waals surface area contributed by atoms with Crippen molar-refractivity contribution in [1.82, 2.24) is 10.2 Å². The van der Waals surface area contributed by atoms with Crippen LogP contribution in [0.15, 0.2) is 18.2 Å². The average molecular weight is 326 g/mol. The molecule has 0 radical (unpaired) electrons. The van der Waals surface area contributed by atoms with Gasteiger partial charge in [0.15, 0.2) is 11.6 Å². The molecule has 0 aliphatic carbocycles. The van der Waals surface area contributed by atoms with Crippen LogP contribution in [0.1, 0.15) is 38.4 Å². The summed E-state index contributed by atoms with van der Waals surface area (Å²) in [5.41, 5.74) is 0.173. The number of aliphatic hydroxyl groups is 1. The Morgan fingerprint density at radius 3 is 2.65 bits per heavy atom. The molecule has 3 unspecified atom stereocenters. The number of halogens is 2. The third kappa shape index (κ3) is 3.85. The summed E-state index contributed by atoms with van der Waals surface area (Å²) in [6.45, 7) is 3.51. The number of benzene rings is 1. The molecule has 0 bridgehead atoms. The minimum atomic E-state index is -1.18. The Morgan fingerprint density at radius 2 is 2.04 bits per heavy atom. The molecule has 1 heterocycles. The SMILES string of the molecule is CC(=O)N1CCCC1C(=O)NC(C)C(O)c1ccc(F)c(F)c1. The van der Waals surface area contributed by atoms with E-state index in [4.69, 9.17) is 0 Å². The van der Waals surface area contributed by atoms with E-state index in [-0.39, 0.29) is 17.4 Å². The van der Waals surface area contributed by atoms with Crippen LogP contribution in [0.4, 0.5) is 8.78 Å². The van der Waals surface area contributed by atoms with Crippen molar-refractivity contribution in [3.05, 3.63) is 35.4 Å². The largest absolute Gasteiger partial charge is 0.386 e. The van der Waals surface area contributed by atoms with E-state index in [2.05, 4.69) is 5.32 Å². The molecule has 1 aromatic rings. The van der Waals surface area contributed by atoms with Crippen molar-refractivity contribution in [3.8, 4) is 0 Å². The summed E-state index contributed by atoms with van der Waals surface area (Å²) in [6.07, 6.45) is 0.137. The van der Waals surface area contributed by atoms with Gasteiger partial charge in [-0.1, -0.05) is 6.07 Å². The Hall–Kier alpha value is -2.02. The number of hydrogen-bond acceptors (Lipinski definition) is 3. The Labute approximate surface area is 133 Å². The maximum Gasteiger partial charge on any atom is 0.243 e. The lowest BCUT2D eigenvalue weighted by atomic mass is 10.0. The fourth-order valence-corrected chi connectivity index (χ4v) is 2.80. The highest BCUT2D eigenvalue weighted by molar-refractivity contribution is 5.87. The molecule has 3 atom stereocenters. The van der Waals surface area contributed by atoms with Gasteiger partial charge in [0, 0.05) is 13.5 Å². The molecule has 126 valence electrons. The van der Waals surface area contributed by atoms with E-state index >= 15 is 0 Å². The second kappa shape index (κ2) is 7.04. The predicted molar refractivity (Wildman–Crippen MR) is 79.3 cm³/mol. The minimum absolute atomic E-state index is 0.170. The summed E-state index contributed by atoms with van der Waals surface area (Å²) in [7, 11) is 0. The smallest absolute Gasteiger partial charge is 0.243 e. The summed E-state index contributed by atoms with van der Waals surface area (Å²) < 4.78 is 26.2. The maximum atomic E-state index is 13.2. The molecule has 1 fully saturated rings. The number of nitrogens with one attached hydrogen (secondary N) is 1. The van der Waals surface area contributed by atoms with Crippen LogP contribution in [-0.2, 0) is 9.59 Å². The molecule has 7 heteroatoms. The van der Waals surface area contributed by atoms with Gasteiger partial charge in [-0.05, 0) is 37.5 Å². The second-order valence-corrected chi connectivity index (χ2v) is 5.79. The van der Waals surface area contributed by atoms with Crippen molar-refractivity contribution < 1.29 is 23.5 Å². The highest BCUT2D eigenvalue weighted by Crippen LogP contribution is 2.21. The lowest BCUT2D eigenvalue weighted by Crippen LogP contribution is -2.49. The molecule has 0 aromatic heterocycles. The van der Waals surface area contributed by atoms with E-state index in [9.17, 15) is 23.5 Å². The molecule has 1 aliphatic rings. The highest BCUT2D eigenvalue weighted by Gasteiger charge is 2.33. The number of rotatable bonds is 4. The van der Waals surface area contributed by atoms with Gasteiger partial charge in [-0.3, -0.25) is 9.59 Å². The summed E-state index contributed by atoms with van der Waals surface area (Å²) in [4.78, 5) is 25.3. The molecular formula is C16H20F2N2O3. The van der Waals surface area contributed by atoms with Crippen LogP contribution >= 0.6 is 0 Å². The van der Waals surface area contributed by atoms with E-state index in [0.717, 1.165) is 18.6 Å². The average Bonchev–Trinajstić information content (AvgIpc) is 2.99. The zero-order valence-corrected chi connectivity index (χ0v) is 13.1. The normalized spacial score (nSPS) is 20.2. The summed E-state index contributed by atoms with van der Waals surface area (Å²) in [5.74, 6) is -2.58. The zero-order valence-electron chi connectivity index (χ0n) is 13.1. The summed E-state index contributed by atoms with van der Waals surface area (Å²) in [5, 5.41) is 12.8. The lowest BCUT2D eigenvalue weighted by Gasteiger charge is -2.26. The Bertz CT molecular complexity index is 609. The van der Waals surface area contributed by atoms with E-state index in [1.165, 1.54) is 17.9 Å². The van der Waals surface area contributed by atoms with Crippen LogP contribution in [-0.4, -0.2) is 40.4 Å². The molecule has 0 saturated carbocycles. The van der Waals surface area contributed by atoms with Crippen molar-refractivity contribution in [2.75, 3.05) is 6.54 Å². The van der Waals surface area contributed by atoms with E-state index in [1.807, 2.05) is 0 Å². The molecule has 0 spiro atoms. The number of aliphatic hydroxyl groups excluding tert-OH is 1. The van der Waals surface area contributed by atoms with Crippen LogP contribution in [0.2, 0.25) is 0 Å². The molecule has 23 heavy (non-hydrogen) atoms. The van der Waals surface area contributed by atoms with Crippen molar-refractivity contribution in [1.29, 1.82) is 0 Å². The van der Waals surface area contributed by atoms with E-state index < -0.39 is 29.8 Å². The van der Waals surface area contributed by atoms with Gasteiger partial charge in [-0.15, -0.1) is 0 Å². The number of amides is 2. The van der Waals surface area contributed by atoms with Crippen LogP contribution in [0.5, 0.6) is 0 Å². The van der Waals surface area contributed by atoms with Crippen molar-refractivity contribution in [2.24, 2.45) is 0 Å². The molecule has 2 N–H and O–H groups in total. The van der Waals surface area contributed by atoms with Gasteiger partial charge in [0.2, 0.25) is 11.8 Å². The molecule has 1 aromatic carbocycles. The lowest BCUT2D eigenvalue weighted by molar-refractivity contribution is -0.137. The molecule has 5 nitrogen and oxygen atoms in total. The third-order valence-electron chi connectivity index (χ3n) is 4.09. The number of carbonyl (C=O) groups is 2. The quantitative estimate of drug-likeness (QED) is 0.881. The first kappa shape index (κ1) is 17.3. The van der Waals surface area contributed by atoms with Crippen LogP contribution in [0, 0.1) is 11.6 Å². The van der Waals surface area contributed by atoms with Crippen LogP contribution < -0.4 is 5.32 Å². The summed E-state index contributed by atoms with van der Waals surface area (Å²) >= 11 is 0. The second-order valence-electron chi connectivity index (χ2n) is 5.79. The Kier molecular flexibility index (Phi) is 5.30. The standard InChI is InChI=1S/C16H20F2N2O3/c1-9(15(22)11-5-6-12(17)13(18)8-11)19-16(23)14-4-3-7-20(14)10(2)21/h5-6,8-9,14-15,22H,3-4,7H2,1-2H3,(H,19,23). The highest BCUT2D eigenvalue weighted by atomic mass is 19.2. The molecule has 1 saturated heterocycles. The van der Waals surface area contributed by atoms with Gasteiger partial charge in [0.25, 0.3) is 0 Å². The van der Waals surface area contributed by atoms with Gasteiger partial charge < -0.3 is 15.3 Å². The number of nitrogens with zero attached hydrogens (tertiary/aromatic N) is 1. The van der Waals surface area contributed by atoms with Crippen molar-refractivity contribution in [2.45, 2.75) is 44.9 Å². The monoisotopic (exact) mass is 326 g/mol. The number of likely N-dealkylation sites (tertiary alicyclic amines) is 1. The van der Waals surface area contributed by atoms with Gasteiger partial charge in [0.1, 0.15) is 6.04 Å². The predicted octanol–water partition coefficient (Wildman–Crippen LogP) is 1.51. The van der Waals surface area contributed by atoms with E-state index in [1.54, 1.807) is 6.92 Å². The van der Waals surface area contributed by atoms with Gasteiger partial charge in [-0.25, -0.2) is 8.78 Å². The molecule has 2 rings (SSSR count).